The standard InChI is InChI=1S/C15H20BrN3S/c1-3-8-17-15-18-9-14(20-15)11-19(2)10-12-4-6-13(16)7-5-12/h4-7,9H,3,8,10-11H2,1-2H3,(H,17,18). The number of anilines is 1. The number of halogens is 1. The molecule has 0 spiro atoms. The van der Waals surface area contributed by atoms with Crippen LogP contribution in [-0.4, -0.2) is 23.5 Å². The zero-order chi connectivity index (χ0) is 14.4. The summed E-state index contributed by atoms with van der Waals surface area (Å²) in [5.74, 6) is 0. The smallest absolute Gasteiger partial charge is 0.182 e. The summed E-state index contributed by atoms with van der Waals surface area (Å²) in [7, 11) is 2.14. The largest absolute Gasteiger partial charge is 0.362 e. The van der Waals surface area contributed by atoms with Crippen LogP contribution in [0.1, 0.15) is 23.8 Å². The maximum atomic E-state index is 4.40. The average molecular weight is 354 g/mol. The first-order chi connectivity index (χ1) is 9.67. The van der Waals surface area contributed by atoms with Crippen molar-refractivity contribution >= 4 is 32.4 Å². The van der Waals surface area contributed by atoms with Crippen LogP contribution in [0.2, 0.25) is 0 Å². The van der Waals surface area contributed by atoms with E-state index in [9.17, 15) is 0 Å². The number of hydrogen-bond acceptors (Lipinski definition) is 4. The highest BCUT2D eigenvalue weighted by molar-refractivity contribution is 9.10. The van der Waals surface area contributed by atoms with E-state index in [1.165, 1.54) is 10.4 Å². The van der Waals surface area contributed by atoms with Gasteiger partial charge < -0.3 is 5.32 Å². The van der Waals surface area contributed by atoms with Gasteiger partial charge >= 0.3 is 0 Å². The minimum Gasteiger partial charge on any atom is -0.362 e. The summed E-state index contributed by atoms with van der Waals surface area (Å²) in [5, 5.41) is 4.35. The molecule has 0 atom stereocenters. The molecule has 108 valence electrons. The van der Waals surface area contributed by atoms with Gasteiger partial charge in [-0.3, -0.25) is 4.90 Å². The van der Waals surface area contributed by atoms with Gasteiger partial charge in [0, 0.05) is 35.2 Å². The normalized spacial score (nSPS) is 11.0. The molecule has 0 unspecified atom stereocenters. The third-order valence-electron chi connectivity index (χ3n) is 2.87. The molecule has 0 aliphatic heterocycles. The minimum atomic E-state index is 0.932. The lowest BCUT2D eigenvalue weighted by atomic mass is 10.2. The number of rotatable bonds is 7. The molecule has 2 aromatic rings. The first kappa shape index (κ1) is 15.5. The van der Waals surface area contributed by atoms with Crippen molar-refractivity contribution in [3.05, 3.63) is 45.4 Å². The second-order valence-electron chi connectivity index (χ2n) is 4.86. The third-order valence-corrected chi connectivity index (χ3v) is 4.34. The number of aromatic nitrogens is 1. The van der Waals surface area contributed by atoms with Gasteiger partial charge in [0.05, 0.1) is 0 Å². The van der Waals surface area contributed by atoms with E-state index in [0.717, 1.165) is 35.7 Å². The molecule has 20 heavy (non-hydrogen) atoms. The third kappa shape index (κ3) is 4.89. The molecule has 1 aromatic heterocycles. The monoisotopic (exact) mass is 353 g/mol. The lowest BCUT2D eigenvalue weighted by molar-refractivity contribution is 0.322. The summed E-state index contributed by atoms with van der Waals surface area (Å²) >= 11 is 5.20. The van der Waals surface area contributed by atoms with E-state index in [1.54, 1.807) is 11.3 Å². The van der Waals surface area contributed by atoms with Gasteiger partial charge in [-0.05, 0) is 31.2 Å². The van der Waals surface area contributed by atoms with Crippen molar-refractivity contribution in [2.45, 2.75) is 26.4 Å². The molecule has 0 bridgehead atoms. The van der Waals surface area contributed by atoms with Crippen molar-refractivity contribution in [3.8, 4) is 0 Å². The Labute approximate surface area is 133 Å². The summed E-state index contributed by atoms with van der Waals surface area (Å²) in [4.78, 5) is 8.00. The van der Waals surface area contributed by atoms with Crippen LogP contribution in [0, 0.1) is 0 Å². The van der Waals surface area contributed by atoms with E-state index in [2.05, 4.69) is 69.4 Å². The van der Waals surface area contributed by atoms with E-state index >= 15 is 0 Å². The lowest BCUT2D eigenvalue weighted by Gasteiger charge is -2.15. The number of hydrogen-bond donors (Lipinski definition) is 1. The van der Waals surface area contributed by atoms with Gasteiger partial charge in [0.1, 0.15) is 0 Å². The second-order valence-corrected chi connectivity index (χ2v) is 6.89. The Balaban J connectivity index is 1.86. The topological polar surface area (TPSA) is 28.2 Å². The van der Waals surface area contributed by atoms with Crippen molar-refractivity contribution in [2.75, 3.05) is 18.9 Å². The summed E-state index contributed by atoms with van der Waals surface area (Å²) in [6, 6.07) is 8.48. The first-order valence-electron chi connectivity index (χ1n) is 6.79. The Hall–Kier alpha value is -0.910. The lowest BCUT2D eigenvalue weighted by Crippen LogP contribution is -2.16. The van der Waals surface area contributed by atoms with Crippen molar-refractivity contribution in [2.24, 2.45) is 0 Å². The zero-order valence-corrected chi connectivity index (χ0v) is 14.3. The maximum Gasteiger partial charge on any atom is 0.182 e. The van der Waals surface area contributed by atoms with Crippen molar-refractivity contribution in [3.63, 3.8) is 0 Å². The Bertz CT molecular complexity index is 524. The highest BCUT2D eigenvalue weighted by Crippen LogP contribution is 2.20. The van der Waals surface area contributed by atoms with Crippen molar-refractivity contribution < 1.29 is 0 Å². The minimum absolute atomic E-state index is 0.932. The van der Waals surface area contributed by atoms with Crippen LogP contribution in [0.25, 0.3) is 0 Å². The molecule has 0 fully saturated rings. The summed E-state index contributed by atoms with van der Waals surface area (Å²) in [6.45, 7) is 5.03. The molecule has 3 nitrogen and oxygen atoms in total. The predicted octanol–water partition coefficient (Wildman–Crippen LogP) is 4.36. The molecule has 0 aliphatic rings. The summed E-state index contributed by atoms with van der Waals surface area (Å²) in [6.07, 6.45) is 3.10. The van der Waals surface area contributed by atoms with Crippen molar-refractivity contribution in [1.82, 2.24) is 9.88 Å². The molecule has 0 saturated heterocycles. The van der Waals surface area contributed by atoms with E-state index < -0.39 is 0 Å². The van der Waals surface area contributed by atoms with Crippen LogP contribution in [0.3, 0.4) is 0 Å². The van der Waals surface area contributed by atoms with E-state index in [-0.39, 0.29) is 0 Å². The van der Waals surface area contributed by atoms with Gasteiger partial charge in [-0.25, -0.2) is 4.98 Å². The number of nitrogens with zero attached hydrogens (tertiary/aromatic N) is 2. The quantitative estimate of drug-likeness (QED) is 0.801. The van der Waals surface area contributed by atoms with Crippen molar-refractivity contribution in [1.29, 1.82) is 0 Å². The molecule has 0 amide bonds. The highest BCUT2D eigenvalue weighted by Gasteiger charge is 2.06. The van der Waals surface area contributed by atoms with Crippen LogP contribution in [-0.2, 0) is 13.1 Å². The average Bonchev–Trinajstić information content (AvgIpc) is 2.86. The Morgan fingerprint density at radius 1 is 1.25 bits per heavy atom. The van der Waals surface area contributed by atoms with Gasteiger partial charge in [-0.2, -0.15) is 0 Å². The molecule has 1 N–H and O–H groups in total. The molecule has 2 rings (SSSR count). The molecule has 0 radical (unpaired) electrons. The van der Waals surface area contributed by atoms with Crippen LogP contribution in [0.5, 0.6) is 0 Å². The molecule has 1 aromatic carbocycles. The van der Waals surface area contributed by atoms with Crippen LogP contribution >= 0.6 is 27.3 Å². The zero-order valence-electron chi connectivity index (χ0n) is 11.9. The molecular weight excluding hydrogens is 334 g/mol. The van der Waals surface area contributed by atoms with Gasteiger partial charge in [0.15, 0.2) is 5.13 Å². The second kappa shape index (κ2) is 7.76. The van der Waals surface area contributed by atoms with Gasteiger partial charge in [0.2, 0.25) is 0 Å². The first-order valence-corrected chi connectivity index (χ1v) is 8.40. The molecule has 5 heteroatoms. The Morgan fingerprint density at radius 2 is 2.00 bits per heavy atom. The Kier molecular flexibility index (Phi) is 6.01. The van der Waals surface area contributed by atoms with E-state index in [1.807, 2.05) is 6.20 Å². The number of benzene rings is 1. The van der Waals surface area contributed by atoms with Crippen LogP contribution in [0.15, 0.2) is 34.9 Å². The van der Waals surface area contributed by atoms with Gasteiger partial charge in [-0.15, -0.1) is 11.3 Å². The summed E-state index contributed by atoms with van der Waals surface area (Å²) < 4.78 is 1.12. The molecule has 0 saturated carbocycles. The fourth-order valence-corrected chi connectivity index (χ4v) is 3.10. The SMILES string of the molecule is CCCNc1ncc(CN(C)Cc2ccc(Br)cc2)s1. The predicted molar refractivity (Wildman–Crippen MR) is 90.2 cm³/mol. The van der Waals surface area contributed by atoms with Crippen LogP contribution in [0.4, 0.5) is 5.13 Å². The van der Waals surface area contributed by atoms with Crippen LogP contribution < -0.4 is 5.32 Å². The van der Waals surface area contributed by atoms with Gasteiger partial charge in [0.25, 0.3) is 0 Å². The van der Waals surface area contributed by atoms with Gasteiger partial charge in [-0.1, -0.05) is 35.0 Å². The van der Waals surface area contributed by atoms with E-state index in [0.29, 0.717) is 0 Å². The number of thiazole rings is 1. The highest BCUT2D eigenvalue weighted by atomic mass is 79.9. The fourth-order valence-electron chi connectivity index (χ4n) is 1.92. The fraction of sp³-hybridized carbons (Fsp3) is 0.400. The molecule has 0 aliphatic carbocycles. The number of nitrogens with one attached hydrogen (secondary N) is 1. The molecular formula is C15H20BrN3S. The maximum absolute atomic E-state index is 4.40. The molecule has 1 heterocycles. The van der Waals surface area contributed by atoms with E-state index in [4.69, 9.17) is 0 Å². The summed E-state index contributed by atoms with van der Waals surface area (Å²) in [5.41, 5.74) is 1.32. The Morgan fingerprint density at radius 3 is 2.70 bits per heavy atom.